The van der Waals surface area contributed by atoms with Gasteiger partial charge in [-0.05, 0) is 44.5 Å². The standard InChI is InChI=1S/C16H19NO2/c1-11(2)19-15-7-5-4-6-14(15)16(18)13-8-9-17-12(3)10-13/h4-11,16,18H,1-3H3. The van der Waals surface area contributed by atoms with Gasteiger partial charge in [-0.25, -0.2) is 0 Å². The van der Waals surface area contributed by atoms with E-state index in [1.54, 1.807) is 6.20 Å². The fourth-order valence-corrected chi connectivity index (χ4v) is 1.98. The molecule has 100 valence electrons. The Bertz CT molecular complexity index is 552. The van der Waals surface area contributed by atoms with Gasteiger partial charge in [-0.2, -0.15) is 0 Å². The third-order valence-corrected chi connectivity index (χ3v) is 2.81. The number of nitrogens with zero attached hydrogens (tertiary/aromatic N) is 1. The van der Waals surface area contributed by atoms with Crippen molar-refractivity contribution < 1.29 is 9.84 Å². The van der Waals surface area contributed by atoms with Crippen molar-refractivity contribution in [3.05, 3.63) is 59.4 Å². The van der Waals surface area contributed by atoms with E-state index in [0.29, 0.717) is 0 Å². The van der Waals surface area contributed by atoms with Crippen LogP contribution in [0.1, 0.15) is 36.8 Å². The van der Waals surface area contributed by atoms with Gasteiger partial charge in [0, 0.05) is 17.5 Å². The van der Waals surface area contributed by atoms with Crippen LogP contribution < -0.4 is 4.74 Å². The molecule has 3 nitrogen and oxygen atoms in total. The molecule has 0 radical (unpaired) electrons. The van der Waals surface area contributed by atoms with Gasteiger partial charge in [-0.1, -0.05) is 18.2 Å². The van der Waals surface area contributed by atoms with Crippen molar-refractivity contribution in [2.75, 3.05) is 0 Å². The molecular weight excluding hydrogens is 238 g/mol. The van der Waals surface area contributed by atoms with E-state index in [1.165, 1.54) is 0 Å². The lowest BCUT2D eigenvalue weighted by Gasteiger charge is -2.18. The number of hydrogen-bond acceptors (Lipinski definition) is 3. The Kier molecular flexibility index (Phi) is 4.17. The van der Waals surface area contributed by atoms with E-state index in [-0.39, 0.29) is 6.10 Å². The van der Waals surface area contributed by atoms with Gasteiger partial charge in [0.15, 0.2) is 0 Å². The molecule has 1 atom stereocenters. The van der Waals surface area contributed by atoms with Gasteiger partial charge in [0.2, 0.25) is 0 Å². The number of aromatic nitrogens is 1. The van der Waals surface area contributed by atoms with Crippen molar-refractivity contribution in [1.29, 1.82) is 0 Å². The second-order valence-electron chi connectivity index (χ2n) is 4.84. The predicted octanol–water partition coefficient (Wildman–Crippen LogP) is 3.26. The third kappa shape index (κ3) is 3.32. The minimum Gasteiger partial charge on any atom is -0.491 e. The summed E-state index contributed by atoms with van der Waals surface area (Å²) in [5.41, 5.74) is 2.49. The molecule has 1 N–H and O–H groups in total. The van der Waals surface area contributed by atoms with Crippen LogP contribution in [0.4, 0.5) is 0 Å². The zero-order chi connectivity index (χ0) is 13.8. The highest BCUT2D eigenvalue weighted by molar-refractivity contribution is 5.40. The average Bonchev–Trinajstić information content (AvgIpc) is 2.38. The first-order valence-corrected chi connectivity index (χ1v) is 6.44. The molecule has 1 aromatic carbocycles. The Labute approximate surface area is 113 Å². The molecule has 0 amide bonds. The van der Waals surface area contributed by atoms with Crippen LogP contribution in [-0.2, 0) is 0 Å². The van der Waals surface area contributed by atoms with Gasteiger partial charge in [0.25, 0.3) is 0 Å². The molecule has 1 unspecified atom stereocenters. The smallest absolute Gasteiger partial charge is 0.125 e. The summed E-state index contributed by atoms with van der Waals surface area (Å²) in [5, 5.41) is 10.5. The van der Waals surface area contributed by atoms with Crippen LogP contribution in [-0.4, -0.2) is 16.2 Å². The average molecular weight is 257 g/mol. The Balaban J connectivity index is 2.35. The van der Waals surface area contributed by atoms with E-state index in [9.17, 15) is 5.11 Å². The molecule has 1 heterocycles. The largest absolute Gasteiger partial charge is 0.491 e. The summed E-state index contributed by atoms with van der Waals surface area (Å²) in [6, 6.07) is 11.3. The van der Waals surface area contributed by atoms with Crippen molar-refractivity contribution in [2.24, 2.45) is 0 Å². The first kappa shape index (κ1) is 13.6. The molecular formula is C16H19NO2. The maximum Gasteiger partial charge on any atom is 0.125 e. The molecule has 2 rings (SSSR count). The van der Waals surface area contributed by atoms with E-state index in [2.05, 4.69) is 4.98 Å². The van der Waals surface area contributed by atoms with Crippen LogP contribution in [0.2, 0.25) is 0 Å². The van der Waals surface area contributed by atoms with Crippen LogP contribution in [0.15, 0.2) is 42.6 Å². The lowest BCUT2D eigenvalue weighted by molar-refractivity contribution is 0.198. The monoisotopic (exact) mass is 257 g/mol. The number of benzene rings is 1. The summed E-state index contributed by atoms with van der Waals surface area (Å²) < 4.78 is 5.74. The molecule has 3 heteroatoms. The van der Waals surface area contributed by atoms with E-state index < -0.39 is 6.10 Å². The zero-order valence-corrected chi connectivity index (χ0v) is 11.5. The summed E-state index contributed by atoms with van der Waals surface area (Å²) in [7, 11) is 0. The Morgan fingerprint density at radius 1 is 1.16 bits per heavy atom. The van der Waals surface area contributed by atoms with Crippen molar-refractivity contribution in [3.8, 4) is 5.75 Å². The lowest BCUT2D eigenvalue weighted by Crippen LogP contribution is -2.10. The summed E-state index contributed by atoms with van der Waals surface area (Å²) in [6.07, 6.45) is 1.09. The van der Waals surface area contributed by atoms with Crippen molar-refractivity contribution in [1.82, 2.24) is 4.98 Å². The highest BCUT2D eigenvalue weighted by atomic mass is 16.5. The number of aliphatic hydroxyl groups excluding tert-OH is 1. The number of aryl methyl sites for hydroxylation is 1. The van der Waals surface area contributed by atoms with Crippen LogP contribution in [0.25, 0.3) is 0 Å². The van der Waals surface area contributed by atoms with Gasteiger partial charge >= 0.3 is 0 Å². The molecule has 0 saturated heterocycles. The molecule has 0 aliphatic rings. The van der Waals surface area contributed by atoms with E-state index in [4.69, 9.17) is 4.74 Å². The minimum atomic E-state index is -0.698. The summed E-state index contributed by atoms with van der Waals surface area (Å²) in [5.74, 6) is 0.722. The Morgan fingerprint density at radius 3 is 2.58 bits per heavy atom. The fraction of sp³-hybridized carbons (Fsp3) is 0.312. The number of hydrogen-bond donors (Lipinski definition) is 1. The molecule has 0 aliphatic heterocycles. The van der Waals surface area contributed by atoms with Crippen LogP contribution in [0.3, 0.4) is 0 Å². The second-order valence-corrected chi connectivity index (χ2v) is 4.84. The van der Waals surface area contributed by atoms with Crippen LogP contribution in [0.5, 0.6) is 5.75 Å². The first-order valence-electron chi connectivity index (χ1n) is 6.44. The fourth-order valence-electron chi connectivity index (χ4n) is 1.98. The molecule has 1 aromatic heterocycles. The Hall–Kier alpha value is -1.87. The van der Waals surface area contributed by atoms with Gasteiger partial charge < -0.3 is 9.84 Å². The number of para-hydroxylation sites is 1. The topological polar surface area (TPSA) is 42.4 Å². The number of ether oxygens (including phenoxy) is 1. The number of pyridine rings is 1. The van der Waals surface area contributed by atoms with Crippen molar-refractivity contribution in [2.45, 2.75) is 33.0 Å². The molecule has 2 aromatic rings. The Morgan fingerprint density at radius 2 is 1.89 bits per heavy atom. The second kappa shape index (κ2) is 5.85. The number of rotatable bonds is 4. The van der Waals surface area contributed by atoms with Crippen molar-refractivity contribution in [3.63, 3.8) is 0 Å². The lowest BCUT2D eigenvalue weighted by atomic mass is 10.0. The molecule has 0 fully saturated rings. The van der Waals surface area contributed by atoms with Crippen molar-refractivity contribution >= 4 is 0 Å². The van der Waals surface area contributed by atoms with E-state index in [1.807, 2.05) is 57.2 Å². The quantitative estimate of drug-likeness (QED) is 0.914. The SMILES string of the molecule is Cc1cc(C(O)c2ccccc2OC(C)C)ccn1. The molecule has 19 heavy (non-hydrogen) atoms. The zero-order valence-electron chi connectivity index (χ0n) is 11.5. The molecule has 0 spiro atoms. The number of aliphatic hydroxyl groups is 1. The van der Waals surface area contributed by atoms with Gasteiger partial charge in [-0.15, -0.1) is 0 Å². The van der Waals surface area contributed by atoms with Crippen LogP contribution >= 0.6 is 0 Å². The maximum absolute atomic E-state index is 10.5. The van der Waals surface area contributed by atoms with Gasteiger partial charge in [-0.3, -0.25) is 4.98 Å². The maximum atomic E-state index is 10.5. The van der Waals surface area contributed by atoms with Crippen LogP contribution in [0, 0.1) is 6.92 Å². The summed E-state index contributed by atoms with van der Waals surface area (Å²) >= 11 is 0. The molecule has 0 bridgehead atoms. The summed E-state index contributed by atoms with van der Waals surface area (Å²) in [6.45, 7) is 5.85. The highest BCUT2D eigenvalue weighted by Gasteiger charge is 2.16. The van der Waals surface area contributed by atoms with E-state index >= 15 is 0 Å². The summed E-state index contributed by atoms with van der Waals surface area (Å²) in [4.78, 5) is 4.14. The van der Waals surface area contributed by atoms with E-state index in [0.717, 1.165) is 22.6 Å². The predicted molar refractivity (Wildman–Crippen MR) is 75.2 cm³/mol. The molecule has 0 saturated carbocycles. The highest BCUT2D eigenvalue weighted by Crippen LogP contribution is 2.30. The van der Waals surface area contributed by atoms with Gasteiger partial charge in [0.05, 0.1) is 6.10 Å². The first-order chi connectivity index (χ1) is 9.08. The minimum absolute atomic E-state index is 0.0764. The molecule has 0 aliphatic carbocycles. The van der Waals surface area contributed by atoms with Gasteiger partial charge in [0.1, 0.15) is 11.9 Å². The normalized spacial score (nSPS) is 12.5. The third-order valence-electron chi connectivity index (χ3n) is 2.81.